The summed E-state index contributed by atoms with van der Waals surface area (Å²) in [5, 5.41) is 0. The van der Waals surface area contributed by atoms with Gasteiger partial charge < -0.3 is 9.53 Å². The lowest BCUT2D eigenvalue weighted by Gasteiger charge is -2.01. The molecule has 110 valence electrons. The molecule has 0 saturated carbocycles. The molecule has 0 aliphatic carbocycles. The van der Waals surface area contributed by atoms with Gasteiger partial charge in [0.15, 0.2) is 0 Å². The molecule has 0 amide bonds. The number of aldehydes is 1. The van der Waals surface area contributed by atoms with E-state index < -0.39 is 0 Å². The lowest BCUT2D eigenvalue weighted by molar-refractivity contribution is -0.137. The molecular formula is C16H28O3. The second-order valence-corrected chi connectivity index (χ2v) is 4.79. The standard InChI is InChI=1S/C16H28O3/c1-2-3-4-5-6-7-10-13-16(18)19-15-12-9-8-11-14-17/h10,13-14H,2-9,11-12,15H2,1H3/b13-10+. The molecule has 0 radical (unpaired) electrons. The van der Waals surface area contributed by atoms with Crippen molar-refractivity contribution in [2.45, 2.75) is 71.1 Å². The predicted octanol–water partition coefficient (Wildman–Crippen LogP) is 4.21. The SMILES string of the molecule is CCCCCCC/C=C/C(=O)OCCCCCC=O. The monoisotopic (exact) mass is 268 g/mol. The normalized spacial score (nSPS) is 10.8. The highest BCUT2D eigenvalue weighted by Gasteiger charge is 1.96. The van der Waals surface area contributed by atoms with Crippen molar-refractivity contribution < 1.29 is 14.3 Å². The third kappa shape index (κ3) is 14.8. The van der Waals surface area contributed by atoms with E-state index in [1.807, 2.05) is 6.08 Å². The van der Waals surface area contributed by atoms with Gasteiger partial charge in [-0.15, -0.1) is 0 Å². The summed E-state index contributed by atoms with van der Waals surface area (Å²) in [4.78, 5) is 21.4. The fourth-order valence-electron chi connectivity index (χ4n) is 1.77. The maximum atomic E-state index is 11.3. The molecule has 0 aromatic heterocycles. The van der Waals surface area contributed by atoms with E-state index in [0.29, 0.717) is 13.0 Å². The topological polar surface area (TPSA) is 43.4 Å². The summed E-state index contributed by atoms with van der Waals surface area (Å²) in [6, 6.07) is 0. The summed E-state index contributed by atoms with van der Waals surface area (Å²) in [5.74, 6) is -0.246. The number of carbonyl (C=O) groups excluding carboxylic acids is 2. The summed E-state index contributed by atoms with van der Waals surface area (Å²) in [6.45, 7) is 2.66. The van der Waals surface area contributed by atoms with Crippen molar-refractivity contribution in [3.63, 3.8) is 0 Å². The summed E-state index contributed by atoms with van der Waals surface area (Å²) in [6.07, 6.45) is 14.8. The molecule has 0 aliphatic rings. The first kappa shape index (κ1) is 17.9. The minimum atomic E-state index is -0.246. The van der Waals surface area contributed by atoms with Gasteiger partial charge in [-0.25, -0.2) is 4.79 Å². The second-order valence-electron chi connectivity index (χ2n) is 4.79. The smallest absolute Gasteiger partial charge is 0.330 e. The van der Waals surface area contributed by atoms with Gasteiger partial charge in [0.2, 0.25) is 0 Å². The third-order valence-corrected chi connectivity index (χ3v) is 2.94. The molecule has 0 aromatic carbocycles. The van der Waals surface area contributed by atoms with Crippen LogP contribution in [0, 0.1) is 0 Å². The zero-order valence-electron chi connectivity index (χ0n) is 12.2. The number of allylic oxidation sites excluding steroid dienone is 1. The first-order valence-corrected chi connectivity index (χ1v) is 7.58. The average molecular weight is 268 g/mol. The zero-order valence-corrected chi connectivity index (χ0v) is 12.2. The molecule has 3 heteroatoms. The molecule has 0 saturated heterocycles. The number of carbonyl (C=O) groups is 2. The molecular weight excluding hydrogens is 240 g/mol. The Balaban J connectivity index is 3.30. The van der Waals surface area contributed by atoms with E-state index in [0.717, 1.165) is 38.4 Å². The van der Waals surface area contributed by atoms with Crippen LogP contribution in [0.5, 0.6) is 0 Å². The fraction of sp³-hybridized carbons (Fsp3) is 0.750. The Labute approximate surface area is 117 Å². The van der Waals surface area contributed by atoms with Crippen molar-refractivity contribution in [1.82, 2.24) is 0 Å². The Hall–Kier alpha value is -1.12. The van der Waals surface area contributed by atoms with Gasteiger partial charge in [0.1, 0.15) is 6.29 Å². The summed E-state index contributed by atoms with van der Waals surface area (Å²) in [5.41, 5.74) is 0. The first-order chi connectivity index (χ1) is 9.31. The number of ether oxygens (including phenoxy) is 1. The van der Waals surface area contributed by atoms with Gasteiger partial charge in [0.25, 0.3) is 0 Å². The van der Waals surface area contributed by atoms with Crippen LogP contribution in [0.2, 0.25) is 0 Å². The van der Waals surface area contributed by atoms with Crippen molar-refractivity contribution in [3.05, 3.63) is 12.2 Å². The van der Waals surface area contributed by atoms with Gasteiger partial charge >= 0.3 is 5.97 Å². The highest BCUT2D eigenvalue weighted by atomic mass is 16.5. The van der Waals surface area contributed by atoms with Crippen LogP contribution in [-0.4, -0.2) is 18.9 Å². The average Bonchev–Trinajstić information content (AvgIpc) is 2.41. The molecule has 0 rings (SSSR count). The van der Waals surface area contributed by atoms with Crippen molar-refractivity contribution in [1.29, 1.82) is 0 Å². The molecule has 0 fully saturated rings. The summed E-state index contributed by atoms with van der Waals surface area (Å²) >= 11 is 0. The van der Waals surface area contributed by atoms with E-state index in [9.17, 15) is 9.59 Å². The lowest BCUT2D eigenvalue weighted by Crippen LogP contribution is -2.02. The third-order valence-electron chi connectivity index (χ3n) is 2.94. The van der Waals surface area contributed by atoms with E-state index >= 15 is 0 Å². The van der Waals surface area contributed by atoms with E-state index in [1.165, 1.54) is 31.8 Å². The molecule has 0 spiro atoms. The first-order valence-electron chi connectivity index (χ1n) is 7.58. The van der Waals surface area contributed by atoms with Gasteiger partial charge in [0.05, 0.1) is 6.61 Å². The van der Waals surface area contributed by atoms with Crippen molar-refractivity contribution in [2.24, 2.45) is 0 Å². The van der Waals surface area contributed by atoms with Crippen LogP contribution in [0.25, 0.3) is 0 Å². The van der Waals surface area contributed by atoms with Crippen LogP contribution >= 0.6 is 0 Å². The van der Waals surface area contributed by atoms with Crippen molar-refractivity contribution in [3.8, 4) is 0 Å². The van der Waals surface area contributed by atoms with Crippen molar-refractivity contribution >= 4 is 12.3 Å². The van der Waals surface area contributed by atoms with Gasteiger partial charge in [-0.05, 0) is 32.1 Å². The van der Waals surface area contributed by atoms with Crippen LogP contribution in [-0.2, 0) is 14.3 Å². The van der Waals surface area contributed by atoms with Crippen LogP contribution in [0.3, 0.4) is 0 Å². The van der Waals surface area contributed by atoms with Crippen LogP contribution in [0.1, 0.15) is 71.1 Å². The number of unbranched alkanes of at least 4 members (excludes halogenated alkanes) is 8. The number of hydrogen-bond acceptors (Lipinski definition) is 3. The highest BCUT2D eigenvalue weighted by Crippen LogP contribution is 2.05. The van der Waals surface area contributed by atoms with Crippen LogP contribution < -0.4 is 0 Å². The Morgan fingerprint density at radius 2 is 1.63 bits per heavy atom. The zero-order chi connectivity index (χ0) is 14.2. The molecule has 0 aliphatic heterocycles. The van der Waals surface area contributed by atoms with Crippen LogP contribution in [0.4, 0.5) is 0 Å². The van der Waals surface area contributed by atoms with Gasteiger partial charge in [0, 0.05) is 12.5 Å². The Morgan fingerprint density at radius 3 is 2.37 bits per heavy atom. The molecule has 0 bridgehead atoms. The largest absolute Gasteiger partial charge is 0.463 e. The van der Waals surface area contributed by atoms with E-state index in [1.54, 1.807) is 0 Å². The van der Waals surface area contributed by atoms with E-state index in [-0.39, 0.29) is 5.97 Å². The minimum Gasteiger partial charge on any atom is -0.463 e. The summed E-state index contributed by atoms with van der Waals surface area (Å²) < 4.78 is 5.05. The maximum Gasteiger partial charge on any atom is 0.330 e. The molecule has 0 aromatic rings. The Morgan fingerprint density at radius 1 is 0.947 bits per heavy atom. The Bertz CT molecular complexity index is 246. The fourth-order valence-corrected chi connectivity index (χ4v) is 1.77. The molecule has 0 unspecified atom stereocenters. The molecule has 3 nitrogen and oxygen atoms in total. The van der Waals surface area contributed by atoms with Gasteiger partial charge in [-0.2, -0.15) is 0 Å². The van der Waals surface area contributed by atoms with Crippen molar-refractivity contribution in [2.75, 3.05) is 6.61 Å². The van der Waals surface area contributed by atoms with E-state index in [2.05, 4.69) is 6.92 Å². The van der Waals surface area contributed by atoms with Gasteiger partial charge in [-0.3, -0.25) is 0 Å². The van der Waals surface area contributed by atoms with E-state index in [4.69, 9.17) is 4.74 Å². The Kier molecular flexibility index (Phi) is 14.1. The molecule has 0 N–H and O–H groups in total. The molecule has 0 atom stereocenters. The van der Waals surface area contributed by atoms with Gasteiger partial charge in [-0.1, -0.05) is 38.7 Å². The minimum absolute atomic E-state index is 0.246. The number of hydrogen-bond donors (Lipinski definition) is 0. The highest BCUT2D eigenvalue weighted by molar-refractivity contribution is 5.81. The second kappa shape index (κ2) is 14.9. The quantitative estimate of drug-likeness (QED) is 0.217. The number of rotatable bonds is 13. The number of esters is 1. The summed E-state index contributed by atoms with van der Waals surface area (Å²) in [7, 11) is 0. The lowest BCUT2D eigenvalue weighted by atomic mass is 10.1. The molecule has 0 heterocycles. The predicted molar refractivity (Wildman–Crippen MR) is 78.0 cm³/mol. The molecule has 19 heavy (non-hydrogen) atoms. The van der Waals surface area contributed by atoms with Crippen LogP contribution in [0.15, 0.2) is 12.2 Å². The maximum absolute atomic E-state index is 11.3.